The summed E-state index contributed by atoms with van der Waals surface area (Å²) in [5.74, 6) is -0.0509. The largest absolute Gasteiger partial charge is 0.376 e. The smallest absolute Gasteiger partial charge is 0.228 e. The topological polar surface area (TPSA) is 40.5 Å². The first kappa shape index (κ1) is 6.55. The molecule has 1 aliphatic rings. The molecule has 0 aromatic heterocycles. The molecule has 1 unspecified atom stereocenters. The van der Waals surface area contributed by atoms with Gasteiger partial charge in [-0.3, -0.25) is 4.79 Å². The average Bonchev–Trinajstić information content (AvgIpc) is 2.12. The number of carbonyl (C=O) groups is 1. The standard InChI is InChI=1S/C6H10NO2/c1-5-2-3-6(9)7(5)4-8/h3,5,8H,2,4H2,1H3. The van der Waals surface area contributed by atoms with Crippen LogP contribution < -0.4 is 0 Å². The van der Waals surface area contributed by atoms with Crippen molar-refractivity contribution < 1.29 is 9.90 Å². The Bertz CT molecular complexity index is 124. The predicted octanol–water partition coefficient (Wildman–Crippen LogP) is -0.239. The van der Waals surface area contributed by atoms with E-state index in [1.807, 2.05) is 6.92 Å². The molecule has 9 heavy (non-hydrogen) atoms. The van der Waals surface area contributed by atoms with E-state index in [2.05, 4.69) is 0 Å². The third kappa shape index (κ3) is 1.05. The molecule has 1 radical (unpaired) electrons. The molecule has 0 aromatic rings. The summed E-state index contributed by atoms with van der Waals surface area (Å²) in [5.41, 5.74) is 0. The van der Waals surface area contributed by atoms with Gasteiger partial charge < -0.3 is 10.0 Å². The minimum absolute atomic E-state index is 0.0509. The number of carbonyl (C=O) groups excluding carboxylic acids is 1. The van der Waals surface area contributed by atoms with E-state index in [1.54, 1.807) is 6.42 Å². The Labute approximate surface area is 54.3 Å². The van der Waals surface area contributed by atoms with Crippen LogP contribution in [0, 0.1) is 6.42 Å². The second-order valence-corrected chi connectivity index (χ2v) is 2.24. The van der Waals surface area contributed by atoms with Crippen molar-refractivity contribution in [2.45, 2.75) is 19.4 Å². The molecule has 1 rings (SSSR count). The molecule has 3 nitrogen and oxygen atoms in total. The Hall–Kier alpha value is -0.570. The van der Waals surface area contributed by atoms with E-state index in [-0.39, 0.29) is 18.7 Å². The number of rotatable bonds is 1. The minimum Gasteiger partial charge on any atom is -0.376 e. The third-order valence-corrected chi connectivity index (χ3v) is 1.60. The highest BCUT2D eigenvalue weighted by Crippen LogP contribution is 2.15. The number of hydrogen-bond acceptors (Lipinski definition) is 2. The van der Waals surface area contributed by atoms with Gasteiger partial charge in [-0.05, 0) is 13.3 Å². The molecule has 1 saturated heterocycles. The number of aliphatic hydroxyl groups excluding tert-OH is 1. The normalized spacial score (nSPS) is 27.6. The Morgan fingerprint density at radius 3 is 2.89 bits per heavy atom. The van der Waals surface area contributed by atoms with Gasteiger partial charge in [-0.2, -0.15) is 0 Å². The molecule has 1 heterocycles. The van der Waals surface area contributed by atoms with Crippen LogP contribution in [-0.2, 0) is 4.79 Å². The monoisotopic (exact) mass is 128 g/mol. The van der Waals surface area contributed by atoms with E-state index < -0.39 is 0 Å². The van der Waals surface area contributed by atoms with Crippen LogP contribution in [-0.4, -0.2) is 28.7 Å². The zero-order valence-corrected chi connectivity index (χ0v) is 5.37. The van der Waals surface area contributed by atoms with E-state index in [0.717, 1.165) is 6.42 Å². The molecule has 1 atom stereocenters. The van der Waals surface area contributed by atoms with E-state index in [9.17, 15) is 4.79 Å². The quantitative estimate of drug-likeness (QED) is 0.529. The van der Waals surface area contributed by atoms with Crippen LogP contribution in [0.2, 0.25) is 0 Å². The second kappa shape index (κ2) is 2.35. The first-order chi connectivity index (χ1) is 4.25. The fourth-order valence-electron chi connectivity index (χ4n) is 0.942. The lowest BCUT2D eigenvalue weighted by atomic mass is 10.2. The summed E-state index contributed by atoms with van der Waals surface area (Å²) in [6.07, 6.45) is 2.36. The zero-order chi connectivity index (χ0) is 6.85. The van der Waals surface area contributed by atoms with Gasteiger partial charge in [-0.1, -0.05) is 0 Å². The van der Waals surface area contributed by atoms with Crippen molar-refractivity contribution in [3.05, 3.63) is 6.42 Å². The van der Waals surface area contributed by atoms with Crippen LogP contribution in [0.25, 0.3) is 0 Å². The number of nitrogens with zero attached hydrogens (tertiary/aromatic N) is 1. The van der Waals surface area contributed by atoms with Gasteiger partial charge in [0.05, 0.1) is 6.42 Å². The maximum Gasteiger partial charge on any atom is 0.228 e. The van der Waals surface area contributed by atoms with Crippen molar-refractivity contribution in [2.24, 2.45) is 0 Å². The summed E-state index contributed by atoms with van der Waals surface area (Å²) in [6, 6.07) is 0.183. The van der Waals surface area contributed by atoms with Gasteiger partial charge >= 0.3 is 0 Å². The van der Waals surface area contributed by atoms with Crippen molar-refractivity contribution in [1.29, 1.82) is 0 Å². The molecule has 0 bridgehead atoms. The highest BCUT2D eigenvalue weighted by molar-refractivity contribution is 5.87. The summed E-state index contributed by atoms with van der Waals surface area (Å²) in [6.45, 7) is 1.76. The molecule has 1 fully saturated rings. The fraction of sp³-hybridized carbons (Fsp3) is 0.667. The maximum atomic E-state index is 10.7. The van der Waals surface area contributed by atoms with Crippen molar-refractivity contribution >= 4 is 5.91 Å². The lowest BCUT2D eigenvalue weighted by Crippen LogP contribution is -2.31. The Morgan fingerprint density at radius 1 is 2.00 bits per heavy atom. The van der Waals surface area contributed by atoms with Gasteiger partial charge in [0.2, 0.25) is 5.91 Å². The minimum atomic E-state index is -0.156. The molecule has 51 valence electrons. The van der Waals surface area contributed by atoms with Crippen LogP contribution in [0.3, 0.4) is 0 Å². The number of aliphatic hydroxyl groups is 1. The highest BCUT2D eigenvalue weighted by atomic mass is 16.3. The molecular formula is C6H10NO2. The first-order valence-electron chi connectivity index (χ1n) is 3.00. The summed E-state index contributed by atoms with van der Waals surface area (Å²) in [5, 5.41) is 8.59. The maximum absolute atomic E-state index is 10.7. The van der Waals surface area contributed by atoms with E-state index in [0.29, 0.717) is 0 Å². The highest BCUT2D eigenvalue weighted by Gasteiger charge is 2.26. The molecule has 3 heteroatoms. The van der Waals surface area contributed by atoms with Gasteiger partial charge in [0.15, 0.2) is 0 Å². The Morgan fingerprint density at radius 2 is 2.67 bits per heavy atom. The SMILES string of the molecule is CC1C[CH]C(=O)N1CO. The molecule has 0 aliphatic carbocycles. The average molecular weight is 128 g/mol. The van der Waals surface area contributed by atoms with E-state index >= 15 is 0 Å². The van der Waals surface area contributed by atoms with Crippen LogP contribution in [0.15, 0.2) is 0 Å². The molecule has 1 aliphatic heterocycles. The number of hydrogen-bond donors (Lipinski definition) is 1. The first-order valence-corrected chi connectivity index (χ1v) is 3.00. The lowest BCUT2D eigenvalue weighted by Gasteiger charge is -2.17. The lowest BCUT2D eigenvalue weighted by molar-refractivity contribution is -0.129. The van der Waals surface area contributed by atoms with Crippen LogP contribution in [0.4, 0.5) is 0 Å². The number of likely N-dealkylation sites (tertiary alicyclic amines) is 1. The molecule has 1 N–H and O–H groups in total. The van der Waals surface area contributed by atoms with Gasteiger partial charge in [0, 0.05) is 6.04 Å². The van der Waals surface area contributed by atoms with Crippen LogP contribution in [0.1, 0.15) is 13.3 Å². The van der Waals surface area contributed by atoms with Gasteiger partial charge in [0.1, 0.15) is 6.73 Å². The van der Waals surface area contributed by atoms with Crippen molar-refractivity contribution in [3.63, 3.8) is 0 Å². The predicted molar refractivity (Wildman–Crippen MR) is 32.3 cm³/mol. The van der Waals surface area contributed by atoms with Gasteiger partial charge in [-0.15, -0.1) is 0 Å². The Kier molecular flexibility index (Phi) is 1.71. The Balaban J connectivity index is 2.55. The van der Waals surface area contributed by atoms with Crippen molar-refractivity contribution in [2.75, 3.05) is 6.73 Å². The number of amides is 1. The summed E-state index contributed by atoms with van der Waals surface area (Å²) in [4.78, 5) is 12.2. The van der Waals surface area contributed by atoms with Crippen LogP contribution >= 0.6 is 0 Å². The second-order valence-electron chi connectivity index (χ2n) is 2.24. The van der Waals surface area contributed by atoms with E-state index in [1.165, 1.54) is 4.90 Å². The molecule has 0 saturated carbocycles. The summed E-state index contributed by atoms with van der Waals surface area (Å²) >= 11 is 0. The van der Waals surface area contributed by atoms with Gasteiger partial charge in [-0.25, -0.2) is 0 Å². The molecule has 1 amide bonds. The van der Waals surface area contributed by atoms with Crippen molar-refractivity contribution in [3.8, 4) is 0 Å². The molecule has 0 spiro atoms. The van der Waals surface area contributed by atoms with Crippen molar-refractivity contribution in [1.82, 2.24) is 4.90 Å². The molecule has 0 aromatic carbocycles. The summed E-state index contributed by atoms with van der Waals surface area (Å²) in [7, 11) is 0. The third-order valence-electron chi connectivity index (χ3n) is 1.60. The van der Waals surface area contributed by atoms with Gasteiger partial charge in [0.25, 0.3) is 0 Å². The van der Waals surface area contributed by atoms with Crippen LogP contribution in [0.5, 0.6) is 0 Å². The molecular weight excluding hydrogens is 118 g/mol. The zero-order valence-electron chi connectivity index (χ0n) is 5.37. The fourth-order valence-corrected chi connectivity index (χ4v) is 0.942. The summed E-state index contributed by atoms with van der Waals surface area (Å²) < 4.78 is 0. The van der Waals surface area contributed by atoms with E-state index in [4.69, 9.17) is 5.11 Å².